The van der Waals surface area contributed by atoms with Crippen molar-refractivity contribution in [3.8, 4) is 11.4 Å². The van der Waals surface area contributed by atoms with Gasteiger partial charge in [0.25, 0.3) is 0 Å². The van der Waals surface area contributed by atoms with Crippen LogP contribution in [0.5, 0.6) is 0 Å². The van der Waals surface area contributed by atoms with Crippen molar-refractivity contribution in [2.45, 2.75) is 117 Å². The first-order valence-electron chi connectivity index (χ1n) is 13.1. The van der Waals surface area contributed by atoms with E-state index in [1.54, 1.807) is 5.56 Å². The smallest absolute Gasteiger partial charge is 0.159 e. The Morgan fingerprint density at radius 3 is 2.16 bits per heavy atom. The molecule has 0 spiro atoms. The van der Waals surface area contributed by atoms with Crippen LogP contribution in [0.3, 0.4) is 0 Å². The second-order valence-electron chi connectivity index (χ2n) is 9.86. The Hall–Kier alpha value is -1.70. The SMILES string of the molecule is CCCCCCCc1cnc(-c2ccc(C3CCC(CCCCC)CC3)c(C)c2)nc1. The lowest BCUT2D eigenvalue weighted by Gasteiger charge is -2.30. The van der Waals surface area contributed by atoms with Gasteiger partial charge >= 0.3 is 0 Å². The van der Waals surface area contributed by atoms with E-state index in [0.29, 0.717) is 0 Å². The molecule has 0 unspecified atom stereocenters. The molecule has 0 saturated heterocycles. The largest absolute Gasteiger partial charge is 0.236 e. The molecule has 1 aliphatic carbocycles. The van der Waals surface area contributed by atoms with Crippen LogP contribution in [-0.4, -0.2) is 9.97 Å². The van der Waals surface area contributed by atoms with E-state index in [2.05, 4.69) is 48.9 Å². The fourth-order valence-electron chi connectivity index (χ4n) is 5.28. The van der Waals surface area contributed by atoms with Crippen molar-refractivity contribution in [3.63, 3.8) is 0 Å². The van der Waals surface area contributed by atoms with E-state index in [1.807, 2.05) is 12.4 Å². The summed E-state index contributed by atoms with van der Waals surface area (Å²) in [5, 5.41) is 0. The van der Waals surface area contributed by atoms with Gasteiger partial charge in [-0.1, -0.05) is 77.3 Å². The Morgan fingerprint density at radius 1 is 0.806 bits per heavy atom. The summed E-state index contributed by atoms with van der Waals surface area (Å²) in [5.74, 6) is 2.58. The zero-order valence-electron chi connectivity index (χ0n) is 20.3. The molecule has 0 atom stereocenters. The van der Waals surface area contributed by atoms with Crippen molar-refractivity contribution >= 4 is 0 Å². The molecule has 1 fully saturated rings. The van der Waals surface area contributed by atoms with Crippen LogP contribution >= 0.6 is 0 Å². The molecule has 170 valence electrons. The molecule has 31 heavy (non-hydrogen) atoms. The van der Waals surface area contributed by atoms with Crippen molar-refractivity contribution in [3.05, 3.63) is 47.3 Å². The summed E-state index contributed by atoms with van der Waals surface area (Å²) in [6.07, 6.45) is 22.9. The normalized spacial score (nSPS) is 18.9. The van der Waals surface area contributed by atoms with Gasteiger partial charge in [0.1, 0.15) is 0 Å². The third kappa shape index (κ3) is 7.44. The van der Waals surface area contributed by atoms with Gasteiger partial charge in [-0.3, -0.25) is 0 Å². The second-order valence-corrected chi connectivity index (χ2v) is 9.86. The van der Waals surface area contributed by atoms with Gasteiger partial charge in [0.15, 0.2) is 5.82 Å². The van der Waals surface area contributed by atoms with Crippen LogP contribution in [0, 0.1) is 12.8 Å². The Kier molecular flexibility index (Phi) is 10.0. The highest BCUT2D eigenvalue weighted by molar-refractivity contribution is 5.57. The summed E-state index contributed by atoms with van der Waals surface area (Å²) in [7, 11) is 0. The topological polar surface area (TPSA) is 25.8 Å². The molecule has 1 aromatic carbocycles. The zero-order chi connectivity index (χ0) is 21.9. The number of unbranched alkanes of at least 4 members (excludes halogenated alkanes) is 6. The van der Waals surface area contributed by atoms with Gasteiger partial charge in [-0.25, -0.2) is 9.97 Å². The Bertz CT molecular complexity index is 757. The van der Waals surface area contributed by atoms with Crippen LogP contribution in [0.1, 0.15) is 120 Å². The lowest BCUT2D eigenvalue weighted by Crippen LogP contribution is -2.14. The predicted molar refractivity (Wildman–Crippen MR) is 134 cm³/mol. The van der Waals surface area contributed by atoms with Crippen LogP contribution in [0.2, 0.25) is 0 Å². The second kappa shape index (κ2) is 13.0. The van der Waals surface area contributed by atoms with E-state index >= 15 is 0 Å². The van der Waals surface area contributed by atoms with Gasteiger partial charge in [-0.05, 0) is 80.0 Å². The van der Waals surface area contributed by atoms with Crippen molar-refractivity contribution in [1.29, 1.82) is 0 Å². The third-order valence-corrected chi connectivity index (χ3v) is 7.30. The molecule has 2 heteroatoms. The predicted octanol–water partition coefficient (Wildman–Crippen LogP) is 8.82. The molecule has 3 rings (SSSR count). The summed E-state index contributed by atoms with van der Waals surface area (Å²) in [6.45, 7) is 6.84. The van der Waals surface area contributed by atoms with Crippen LogP contribution in [0.15, 0.2) is 30.6 Å². The summed E-state index contributed by atoms with van der Waals surface area (Å²) >= 11 is 0. The van der Waals surface area contributed by atoms with E-state index in [0.717, 1.165) is 29.6 Å². The molecule has 0 aliphatic heterocycles. The number of benzene rings is 1. The Morgan fingerprint density at radius 2 is 1.48 bits per heavy atom. The van der Waals surface area contributed by atoms with Crippen LogP contribution in [0.25, 0.3) is 11.4 Å². The van der Waals surface area contributed by atoms with Gasteiger partial charge in [-0.2, -0.15) is 0 Å². The molecule has 0 bridgehead atoms. The number of hydrogen-bond acceptors (Lipinski definition) is 2. The van der Waals surface area contributed by atoms with Gasteiger partial charge in [0.2, 0.25) is 0 Å². The van der Waals surface area contributed by atoms with E-state index in [9.17, 15) is 0 Å². The highest BCUT2D eigenvalue weighted by Gasteiger charge is 2.23. The standard InChI is InChI=1S/C29H44N2/c1-4-6-8-9-11-13-25-21-30-29(31-22-25)27-18-19-28(23(3)20-27)26-16-14-24(15-17-26)12-10-7-5-2/h18-22,24,26H,4-17H2,1-3H3. The first kappa shape index (κ1) is 24.0. The lowest BCUT2D eigenvalue weighted by molar-refractivity contribution is 0.302. The monoisotopic (exact) mass is 420 g/mol. The average molecular weight is 421 g/mol. The fourth-order valence-corrected chi connectivity index (χ4v) is 5.28. The minimum Gasteiger partial charge on any atom is -0.236 e. The van der Waals surface area contributed by atoms with Crippen molar-refractivity contribution in [2.24, 2.45) is 5.92 Å². The third-order valence-electron chi connectivity index (χ3n) is 7.30. The number of nitrogens with zero attached hydrogens (tertiary/aromatic N) is 2. The van der Waals surface area contributed by atoms with Gasteiger partial charge in [0.05, 0.1) is 0 Å². The van der Waals surface area contributed by atoms with Crippen molar-refractivity contribution in [2.75, 3.05) is 0 Å². The van der Waals surface area contributed by atoms with Crippen molar-refractivity contribution in [1.82, 2.24) is 9.97 Å². The summed E-state index contributed by atoms with van der Waals surface area (Å²) in [4.78, 5) is 9.36. The molecule has 2 nitrogen and oxygen atoms in total. The number of aromatic nitrogens is 2. The number of hydrogen-bond donors (Lipinski definition) is 0. The maximum Gasteiger partial charge on any atom is 0.159 e. The van der Waals surface area contributed by atoms with Crippen molar-refractivity contribution < 1.29 is 0 Å². The number of aryl methyl sites for hydroxylation is 2. The molecular formula is C29H44N2. The van der Waals surface area contributed by atoms with E-state index < -0.39 is 0 Å². The molecular weight excluding hydrogens is 376 g/mol. The molecule has 0 N–H and O–H groups in total. The molecule has 1 aromatic heterocycles. The fraction of sp³-hybridized carbons (Fsp3) is 0.655. The number of rotatable bonds is 12. The molecule has 0 radical (unpaired) electrons. The highest BCUT2D eigenvalue weighted by Crippen LogP contribution is 2.39. The van der Waals surface area contributed by atoms with Gasteiger partial charge < -0.3 is 0 Å². The zero-order valence-corrected chi connectivity index (χ0v) is 20.3. The Labute approximate surface area is 191 Å². The van der Waals surface area contributed by atoms with Gasteiger partial charge in [0, 0.05) is 18.0 Å². The molecule has 1 saturated carbocycles. The summed E-state index contributed by atoms with van der Waals surface area (Å²) in [5.41, 5.74) is 5.39. The molecule has 1 heterocycles. The van der Waals surface area contributed by atoms with Gasteiger partial charge in [-0.15, -0.1) is 0 Å². The van der Waals surface area contributed by atoms with E-state index in [4.69, 9.17) is 0 Å². The van der Waals surface area contributed by atoms with Crippen LogP contribution < -0.4 is 0 Å². The Balaban J connectivity index is 1.52. The molecule has 1 aliphatic rings. The first-order valence-corrected chi connectivity index (χ1v) is 13.1. The average Bonchev–Trinajstić information content (AvgIpc) is 2.80. The maximum absolute atomic E-state index is 4.68. The van der Waals surface area contributed by atoms with E-state index in [-0.39, 0.29) is 0 Å². The summed E-state index contributed by atoms with van der Waals surface area (Å²) < 4.78 is 0. The van der Waals surface area contributed by atoms with Crippen LogP contribution in [-0.2, 0) is 6.42 Å². The molecule has 2 aromatic rings. The highest BCUT2D eigenvalue weighted by atomic mass is 14.9. The molecule has 0 amide bonds. The summed E-state index contributed by atoms with van der Waals surface area (Å²) in [6, 6.07) is 6.91. The maximum atomic E-state index is 4.68. The lowest BCUT2D eigenvalue weighted by atomic mass is 9.76. The minimum absolute atomic E-state index is 0.743. The van der Waals surface area contributed by atoms with E-state index in [1.165, 1.54) is 94.6 Å². The quantitative estimate of drug-likeness (QED) is 0.320. The van der Waals surface area contributed by atoms with Crippen LogP contribution in [0.4, 0.5) is 0 Å². The first-order chi connectivity index (χ1) is 15.2. The minimum atomic E-state index is 0.743.